The zero-order valence-corrected chi connectivity index (χ0v) is 12.8. The van der Waals surface area contributed by atoms with E-state index in [1.165, 1.54) is 5.56 Å². The summed E-state index contributed by atoms with van der Waals surface area (Å²) >= 11 is 0. The summed E-state index contributed by atoms with van der Waals surface area (Å²) in [5.41, 5.74) is 1.28. The van der Waals surface area contributed by atoms with Gasteiger partial charge in [0.2, 0.25) is 5.91 Å². The lowest BCUT2D eigenvalue weighted by atomic mass is 10.2. The average molecular weight is 291 g/mol. The third-order valence-corrected chi connectivity index (χ3v) is 3.80. The largest absolute Gasteiger partial charge is 0.376 e. The monoisotopic (exact) mass is 291 g/mol. The molecule has 116 valence electrons. The number of hydrogen-bond donors (Lipinski definition) is 1. The van der Waals surface area contributed by atoms with Crippen molar-refractivity contribution in [2.24, 2.45) is 0 Å². The molecule has 2 heterocycles. The average Bonchev–Trinajstić information content (AvgIpc) is 3.03. The van der Waals surface area contributed by atoms with Crippen molar-refractivity contribution >= 4 is 5.91 Å². The van der Waals surface area contributed by atoms with Gasteiger partial charge in [-0.1, -0.05) is 0 Å². The van der Waals surface area contributed by atoms with Crippen LogP contribution in [0.15, 0.2) is 24.5 Å². The Labute approximate surface area is 126 Å². The van der Waals surface area contributed by atoms with Gasteiger partial charge in [-0.15, -0.1) is 0 Å². The van der Waals surface area contributed by atoms with Crippen LogP contribution in [0, 0.1) is 0 Å². The number of pyridine rings is 1. The quantitative estimate of drug-likeness (QED) is 0.783. The molecule has 21 heavy (non-hydrogen) atoms. The van der Waals surface area contributed by atoms with Gasteiger partial charge in [-0.25, -0.2) is 0 Å². The molecule has 1 fully saturated rings. The third-order valence-electron chi connectivity index (χ3n) is 3.80. The van der Waals surface area contributed by atoms with E-state index in [0.29, 0.717) is 13.0 Å². The fraction of sp³-hybridized carbons (Fsp3) is 0.625. The number of aromatic nitrogens is 1. The molecule has 1 amide bonds. The minimum absolute atomic E-state index is 0.112. The molecule has 0 radical (unpaired) electrons. The van der Waals surface area contributed by atoms with Crippen molar-refractivity contribution in [3.8, 4) is 0 Å². The molecule has 2 rings (SSSR count). The van der Waals surface area contributed by atoms with E-state index in [2.05, 4.69) is 22.2 Å². The van der Waals surface area contributed by atoms with Crippen molar-refractivity contribution < 1.29 is 9.53 Å². The SMILES string of the molecule is CN(CCC(=O)NCC1CCCO1)CCc1ccncc1. The summed E-state index contributed by atoms with van der Waals surface area (Å²) in [4.78, 5) is 18.0. The van der Waals surface area contributed by atoms with Gasteiger partial charge in [-0.3, -0.25) is 9.78 Å². The molecule has 0 saturated carbocycles. The minimum Gasteiger partial charge on any atom is -0.376 e. The van der Waals surface area contributed by atoms with Gasteiger partial charge in [0.15, 0.2) is 0 Å². The molecule has 1 atom stereocenters. The Bertz CT molecular complexity index is 419. The molecule has 1 aliphatic rings. The second-order valence-corrected chi connectivity index (χ2v) is 5.60. The highest BCUT2D eigenvalue weighted by molar-refractivity contribution is 5.76. The van der Waals surface area contributed by atoms with E-state index in [1.54, 1.807) is 0 Å². The maximum Gasteiger partial charge on any atom is 0.221 e. The van der Waals surface area contributed by atoms with Crippen LogP contribution in [0.5, 0.6) is 0 Å². The summed E-state index contributed by atoms with van der Waals surface area (Å²) in [6.07, 6.45) is 7.54. The smallest absolute Gasteiger partial charge is 0.221 e. The summed E-state index contributed by atoms with van der Waals surface area (Å²) in [5.74, 6) is 0.112. The first kappa shape index (κ1) is 15.9. The highest BCUT2D eigenvalue weighted by Crippen LogP contribution is 2.10. The molecular weight excluding hydrogens is 266 g/mol. The van der Waals surface area contributed by atoms with Crippen LogP contribution in [-0.2, 0) is 16.0 Å². The van der Waals surface area contributed by atoms with Crippen LogP contribution in [0.3, 0.4) is 0 Å². The summed E-state index contributed by atoms with van der Waals surface area (Å²) < 4.78 is 5.49. The van der Waals surface area contributed by atoms with E-state index in [9.17, 15) is 4.79 Å². The fourth-order valence-corrected chi connectivity index (χ4v) is 2.40. The number of amides is 1. The summed E-state index contributed by atoms with van der Waals surface area (Å²) in [6.45, 7) is 3.21. The number of ether oxygens (including phenoxy) is 1. The van der Waals surface area contributed by atoms with Gasteiger partial charge in [-0.05, 0) is 44.0 Å². The summed E-state index contributed by atoms with van der Waals surface area (Å²) in [5, 5.41) is 2.95. The zero-order chi connectivity index (χ0) is 14.9. The van der Waals surface area contributed by atoms with Gasteiger partial charge in [0.05, 0.1) is 6.10 Å². The maximum atomic E-state index is 11.8. The van der Waals surface area contributed by atoms with E-state index >= 15 is 0 Å². The lowest BCUT2D eigenvalue weighted by Gasteiger charge is -2.17. The van der Waals surface area contributed by atoms with Crippen LogP contribution in [0.1, 0.15) is 24.8 Å². The first-order valence-electron chi connectivity index (χ1n) is 7.70. The molecule has 5 nitrogen and oxygen atoms in total. The standard InChI is InChI=1S/C16H25N3O2/c1-19(10-6-14-4-8-17-9-5-14)11-7-16(20)18-13-15-3-2-12-21-15/h4-5,8-9,15H,2-3,6-7,10-13H2,1H3,(H,18,20). The van der Waals surface area contributed by atoms with Crippen LogP contribution >= 0.6 is 0 Å². The van der Waals surface area contributed by atoms with E-state index < -0.39 is 0 Å². The lowest BCUT2D eigenvalue weighted by molar-refractivity contribution is -0.121. The first-order valence-corrected chi connectivity index (χ1v) is 7.70. The predicted octanol–water partition coefficient (Wildman–Crippen LogP) is 1.24. The minimum atomic E-state index is 0.112. The number of nitrogens with zero attached hydrogens (tertiary/aromatic N) is 2. The van der Waals surface area contributed by atoms with Crippen LogP contribution < -0.4 is 5.32 Å². The first-order chi connectivity index (χ1) is 10.2. The molecule has 1 N–H and O–H groups in total. The second-order valence-electron chi connectivity index (χ2n) is 5.60. The van der Waals surface area contributed by atoms with Gasteiger partial charge in [0, 0.05) is 45.1 Å². The molecule has 1 aromatic heterocycles. The van der Waals surface area contributed by atoms with Gasteiger partial charge in [-0.2, -0.15) is 0 Å². The number of rotatable bonds is 8. The van der Waals surface area contributed by atoms with Gasteiger partial charge >= 0.3 is 0 Å². The molecule has 0 aromatic carbocycles. The Morgan fingerprint density at radius 3 is 2.95 bits per heavy atom. The third kappa shape index (κ3) is 6.23. The second kappa shape index (κ2) is 8.74. The number of hydrogen-bond acceptors (Lipinski definition) is 4. The van der Waals surface area contributed by atoms with E-state index in [0.717, 1.165) is 39.0 Å². The van der Waals surface area contributed by atoms with Crippen LogP contribution in [-0.4, -0.2) is 55.2 Å². The maximum absolute atomic E-state index is 11.8. The van der Waals surface area contributed by atoms with Crippen molar-refractivity contribution in [1.29, 1.82) is 0 Å². The molecule has 1 aliphatic heterocycles. The van der Waals surface area contributed by atoms with Crippen molar-refractivity contribution in [2.45, 2.75) is 31.8 Å². The van der Waals surface area contributed by atoms with Crippen molar-refractivity contribution in [3.05, 3.63) is 30.1 Å². The number of nitrogens with one attached hydrogen (secondary N) is 1. The van der Waals surface area contributed by atoms with E-state index in [1.807, 2.05) is 24.5 Å². The normalized spacial score (nSPS) is 18.1. The Hall–Kier alpha value is -1.46. The number of carbonyl (C=O) groups excluding carboxylic acids is 1. The van der Waals surface area contributed by atoms with Crippen molar-refractivity contribution in [3.63, 3.8) is 0 Å². The number of likely N-dealkylation sites (N-methyl/N-ethyl adjacent to an activating group) is 1. The van der Waals surface area contributed by atoms with E-state index in [-0.39, 0.29) is 12.0 Å². The molecule has 0 spiro atoms. The fourth-order valence-electron chi connectivity index (χ4n) is 2.40. The molecule has 5 heteroatoms. The Balaban J connectivity index is 1.55. The van der Waals surface area contributed by atoms with Crippen LogP contribution in [0.25, 0.3) is 0 Å². The highest BCUT2D eigenvalue weighted by atomic mass is 16.5. The van der Waals surface area contributed by atoms with Crippen LogP contribution in [0.4, 0.5) is 0 Å². The Kier molecular flexibility index (Phi) is 6.63. The molecular formula is C16H25N3O2. The Morgan fingerprint density at radius 2 is 2.24 bits per heavy atom. The lowest BCUT2D eigenvalue weighted by Crippen LogP contribution is -2.34. The topological polar surface area (TPSA) is 54.5 Å². The van der Waals surface area contributed by atoms with Gasteiger partial charge in [0.25, 0.3) is 0 Å². The van der Waals surface area contributed by atoms with Gasteiger partial charge < -0.3 is 15.0 Å². The molecule has 0 aliphatic carbocycles. The Morgan fingerprint density at radius 1 is 1.43 bits per heavy atom. The van der Waals surface area contributed by atoms with Gasteiger partial charge in [0.1, 0.15) is 0 Å². The molecule has 1 aromatic rings. The summed E-state index contributed by atoms with van der Waals surface area (Å²) in [6, 6.07) is 4.06. The molecule has 1 saturated heterocycles. The molecule has 0 bridgehead atoms. The summed E-state index contributed by atoms with van der Waals surface area (Å²) in [7, 11) is 2.05. The van der Waals surface area contributed by atoms with E-state index in [4.69, 9.17) is 4.74 Å². The zero-order valence-electron chi connectivity index (χ0n) is 12.8. The van der Waals surface area contributed by atoms with Crippen molar-refractivity contribution in [2.75, 3.05) is 33.3 Å². The van der Waals surface area contributed by atoms with Crippen LogP contribution in [0.2, 0.25) is 0 Å². The highest BCUT2D eigenvalue weighted by Gasteiger charge is 2.16. The number of carbonyl (C=O) groups is 1. The predicted molar refractivity (Wildman–Crippen MR) is 82.0 cm³/mol. The molecule has 1 unspecified atom stereocenters. The van der Waals surface area contributed by atoms with Crippen molar-refractivity contribution in [1.82, 2.24) is 15.2 Å².